The predicted molar refractivity (Wildman–Crippen MR) is 112 cm³/mol. The SMILES string of the molecule is CC(=O)OC1=CC2=CCC3C4CC[C@H](C(C)=O)[C@@]4(C)[C@@H](OC(C)=O)CC3[C@@]2(C)CC1. The second-order valence-electron chi connectivity index (χ2n) is 10.3. The van der Waals surface area contributed by atoms with Crippen LogP contribution in [0.25, 0.3) is 0 Å². The molecule has 2 fully saturated rings. The zero-order chi connectivity index (χ0) is 21.8. The molecule has 0 spiro atoms. The van der Waals surface area contributed by atoms with Crippen LogP contribution in [0, 0.1) is 34.5 Å². The minimum atomic E-state index is -0.284. The fourth-order valence-corrected chi connectivity index (χ4v) is 7.54. The lowest BCUT2D eigenvalue weighted by atomic mass is 9.47. The van der Waals surface area contributed by atoms with Crippen LogP contribution in [0.2, 0.25) is 0 Å². The molecule has 0 radical (unpaired) electrons. The van der Waals surface area contributed by atoms with Gasteiger partial charge < -0.3 is 9.47 Å². The lowest BCUT2D eigenvalue weighted by molar-refractivity contribution is -0.178. The predicted octanol–water partition coefficient (Wildman–Crippen LogP) is 4.75. The van der Waals surface area contributed by atoms with Crippen molar-refractivity contribution >= 4 is 17.7 Å². The van der Waals surface area contributed by atoms with Gasteiger partial charge in [0.1, 0.15) is 17.6 Å². The number of esters is 2. The quantitative estimate of drug-likeness (QED) is 0.623. The molecule has 5 heteroatoms. The lowest BCUT2D eigenvalue weighted by Gasteiger charge is -2.59. The second kappa shape index (κ2) is 7.35. The Kier molecular flexibility index (Phi) is 5.22. The summed E-state index contributed by atoms with van der Waals surface area (Å²) >= 11 is 0. The summed E-state index contributed by atoms with van der Waals surface area (Å²) in [5, 5.41) is 0. The van der Waals surface area contributed by atoms with E-state index in [1.807, 2.05) is 0 Å². The summed E-state index contributed by atoms with van der Waals surface area (Å²) in [6.45, 7) is 9.13. The molecule has 2 saturated carbocycles. The summed E-state index contributed by atoms with van der Waals surface area (Å²) in [5.74, 6) is 1.66. The molecule has 4 aliphatic carbocycles. The smallest absolute Gasteiger partial charge is 0.307 e. The Morgan fingerprint density at radius 3 is 2.40 bits per heavy atom. The van der Waals surface area contributed by atoms with E-state index in [9.17, 15) is 14.4 Å². The topological polar surface area (TPSA) is 69.7 Å². The van der Waals surface area contributed by atoms with Crippen molar-refractivity contribution in [2.75, 3.05) is 0 Å². The molecule has 4 aliphatic rings. The van der Waals surface area contributed by atoms with E-state index in [4.69, 9.17) is 9.47 Å². The fraction of sp³-hybridized carbons (Fsp3) is 0.720. The van der Waals surface area contributed by atoms with Gasteiger partial charge in [-0.1, -0.05) is 19.9 Å². The summed E-state index contributed by atoms with van der Waals surface area (Å²) in [6.07, 6.45) is 9.50. The van der Waals surface area contributed by atoms with Gasteiger partial charge >= 0.3 is 11.9 Å². The van der Waals surface area contributed by atoms with Crippen LogP contribution in [-0.2, 0) is 23.9 Å². The molecule has 0 N–H and O–H groups in total. The number of rotatable bonds is 3. The molecule has 5 nitrogen and oxygen atoms in total. The van der Waals surface area contributed by atoms with Crippen molar-refractivity contribution in [1.82, 2.24) is 0 Å². The average Bonchev–Trinajstić information content (AvgIpc) is 3.01. The second-order valence-corrected chi connectivity index (χ2v) is 10.3. The van der Waals surface area contributed by atoms with Gasteiger partial charge in [-0.2, -0.15) is 0 Å². The number of fused-ring (bicyclic) bond motifs is 5. The summed E-state index contributed by atoms with van der Waals surface area (Å²) in [7, 11) is 0. The number of hydrogen-bond donors (Lipinski definition) is 0. The van der Waals surface area contributed by atoms with Crippen LogP contribution in [0.15, 0.2) is 23.5 Å². The molecule has 0 aliphatic heterocycles. The standard InChI is InChI=1S/C25H34O5/c1-14(26)20-8-9-21-19-7-6-17-12-18(29-15(2)27)10-11-24(17,4)22(19)13-23(25(20,21)5)30-16(3)28/h6,12,19-23H,7-11,13H2,1-5H3/t19?,20-,21?,22?,23+,24+,25-/m1/s1. The maximum atomic E-state index is 12.5. The van der Waals surface area contributed by atoms with Gasteiger partial charge in [0.2, 0.25) is 0 Å². The average molecular weight is 415 g/mol. The van der Waals surface area contributed by atoms with Gasteiger partial charge in [-0.25, -0.2) is 0 Å². The maximum absolute atomic E-state index is 12.5. The highest BCUT2D eigenvalue weighted by Crippen LogP contribution is 2.66. The summed E-state index contributed by atoms with van der Waals surface area (Å²) in [5.41, 5.74) is 0.937. The Morgan fingerprint density at radius 1 is 1.03 bits per heavy atom. The molecule has 0 heterocycles. The molecule has 30 heavy (non-hydrogen) atoms. The third-order valence-electron chi connectivity index (χ3n) is 8.88. The first-order valence-corrected chi connectivity index (χ1v) is 11.3. The Labute approximate surface area is 179 Å². The monoisotopic (exact) mass is 414 g/mol. The molecular formula is C25H34O5. The molecule has 4 rings (SSSR count). The highest BCUT2D eigenvalue weighted by Gasteiger charge is 2.64. The van der Waals surface area contributed by atoms with E-state index in [2.05, 4.69) is 26.0 Å². The van der Waals surface area contributed by atoms with E-state index in [1.54, 1.807) is 6.92 Å². The Bertz CT molecular complexity index is 838. The van der Waals surface area contributed by atoms with Crippen molar-refractivity contribution in [2.24, 2.45) is 34.5 Å². The van der Waals surface area contributed by atoms with E-state index in [0.717, 1.165) is 44.3 Å². The fourth-order valence-electron chi connectivity index (χ4n) is 7.54. The molecule has 0 bridgehead atoms. The van der Waals surface area contributed by atoms with Crippen molar-refractivity contribution < 1.29 is 23.9 Å². The molecule has 3 unspecified atom stereocenters. The van der Waals surface area contributed by atoms with Gasteiger partial charge in [-0.15, -0.1) is 0 Å². The van der Waals surface area contributed by atoms with Crippen LogP contribution in [-0.4, -0.2) is 23.8 Å². The third kappa shape index (κ3) is 3.16. The van der Waals surface area contributed by atoms with Crippen LogP contribution in [0.1, 0.15) is 73.1 Å². The van der Waals surface area contributed by atoms with E-state index in [0.29, 0.717) is 17.8 Å². The number of carbonyl (C=O) groups excluding carboxylic acids is 3. The Balaban J connectivity index is 1.72. The van der Waals surface area contributed by atoms with Crippen molar-refractivity contribution in [3.8, 4) is 0 Å². The van der Waals surface area contributed by atoms with Gasteiger partial charge in [0.15, 0.2) is 0 Å². The maximum Gasteiger partial charge on any atom is 0.307 e. The number of allylic oxidation sites excluding steroid dienone is 4. The number of carbonyl (C=O) groups is 3. The van der Waals surface area contributed by atoms with Gasteiger partial charge in [0.25, 0.3) is 0 Å². The first-order valence-electron chi connectivity index (χ1n) is 11.3. The first kappa shape index (κ1) is 21.3. The van der Waals surface area contributed by atoms with E-state index in [-0.39, 0.29) is 40.6 Å². The normalized spacial score (nSPS) is 42.1. The van der Waals surface area contributed by atoms with Gasteiger partial charge in [0.05, 0.1) is 0 Å². The number of hydrogen-bond acceptors (Lipinski definition) is 5. The molecule has 7 atom stereocenters. The summed E-state index contributed by atoms with van der Waals surface area (Å²) in [6, 6.07) is 0. The van der Waals surface area contributed by atoms with Gasteiger partial charge in [0, 0.05) is 31.6 Å². The highest BCUT2D eigenvalue weighted by atomic mass is 16.5. The van der Waals surface area contributed by atoms with Crippen LogP contribution >= 0.6 is 0 Å². The largest absolute Gasteiger partial charge is 0.462 e. The van der Waals surface area contributed by atoms with E-state index >= 15 is 0 Å². The highest BCUT2D eigenvalue weighted by molar-refractivity contribution is 5.80. The van der Waals surface area contributed by atoms with E-state index in [1.165, 1.54) is 19.4 Å². The molecular weight excluding hydrogens is 380 g/mol. The van der Waals surface area contributed by atoms with Gasteiger partial charge in [-0.3, -0.25) is 14.4 Å². The van der Waals surface area contributed by atoms with Gasteiger partial charge in [-0.05, 0) is 73.8 Å². The van der Waals surface area contributed by atoms with Crippen LogP contribution in [0.5, 0.6) is 0 Å². The van der Waals surface area contributed by atoms with Crippen LogP contribution in [0.4, 0.5) is 0 Å². The minimum Gasteiger partial charge on any atom is -0.462 e. The van der Waals surface area contributed by atoms with Crippen LogP contribution in [0.3, 0.4) is 0 Å². The number of Topliss-reactive ketones (excluding diaryl/α,β-unsaturated/α-hetero) is 1. The van der Waals surface area contributed by atoms with Crippen molar-refractivity contribution in [2.45, 2.75) is 79.2 Å². The summed E-state index contributed by atoms with van der Waals surface area (Å²) in [4.78, 5) is 35.9. The lowest BCUT2D eigenvalue weighted by Crippen LogP contribution is -2.57. The molecule has 164 valence electrons. The number of ether oxygens (including phenoxy) is 2. The molecule has 0 amide bonds. The number of ketones is 1. The molecule has 0 aromatic heterocycles. The third-order valence-corrected chi connectivity index (χ3v) is 8.88. The van der Waals surface area contributed by atoms with Crippen molar-refractivity contribution in [1.29, 1.82) is 0 Å². The molecule has 0 saturated heterocycles. The minimum absolute atomic E-state index is 0.0272. The zero-order valence-corrected chi connectivity index (χ0v) is 18.8. The van der Waals surface area contributed by atoms with E-state index < -0.39 is 0 Å². The molecule has 0 aromatic carbocycles. The zero-order valence-electron chi connectivity index (χ0n) is 18.8. The van der Waals surface area contributed by atoms with Crippen molar-refractivity contribution in [3.63, 3.8) is 0 Å². The van der Waals surface area contributed by atoms with Crippen LogP contribution < -0.4 is 0 Å². The van der Waals surface area contributed by atoms with Crippen molar-refractivity contribution in [3.05, 3.63) is 23.5 Å². The Morgan fingerprint density at radius 2 is 1.77 bits per heavy atom. The summed E-state index contributed by atoms with van der Waals surface area (Å²) < 4.78 is 11.3. The first-order chi connectivity index (χ1) is 14.1. The Hall–Kier alpha value is -1.91. The molecule has 0 aromatic rings.